The van der Waals surface area contributed by atoms with Gasteiger partial charge in [0, 0.05) is 47.2 Å². The summed E-state index contributed by atoms with van der Waals surface area (Å²) in [5, 5.41) is 26.0. The van der Waals surface area contributed by atoms with Crippen LogP contribution in [-0.4, -0.2) is 41.7 Å². The monoisotopic (exact) mass is 346 g/mol. The van der Waals surface area contributed by atoms with Crippen molar-refractivity contribution in [3.63, 3.8) is 0 Å². The number of aliphatic hydroxyl groups excluding tert-OH is 3. The van der Waals surface area contributed by atoms with Crippen LogP contribution < -0.4 is 5.32 Å². The van der Waals surface area contributed by atoms with Crippen molar-refractivity contribution in [2.24, 2.45) is 0 Å². The van der Waals surface area contributed by atoms with E-state index >= 15 is 0 Å². The van der Waals surface area contributed by atoms with Gasteiger partial charge in [-0.2, -0.15) is 6.42 Å². The Morgan fingerprint density at radius 3 is 1.82 bits per heavy atom. The van der Waals surface area contributed by atoms with E-state index in [1.165, 1.54) is 0 Å². The normalized spacial score (nSPS) is 7.59. The number of para-hydroxylation sites is 1. The molecule has 0 saturated carbocycles. The van der Waals surface area contributed by atoms with Crippen molar-refractivity contribution >= 4 is 11.8 Å². The average molecular weight is 346 g/mol. The molecule has 4 N–H and O–H groups in total. The number of rotatable bonds is 4. The van der Waals surface area contributed by atoms with Crippen molar-refractivity contribution in [2.45, 2.75) is 27.2 Å². The molecule has 0 amide bonds. The first-order chi connectivity index (χ1) is 10.1. The maximum Gasteiger partial charge on any atom is 0.0412 e. The summed E-state index contributed by atoms with van der Waals surface area (Å²) in [6, 6.07) is 8.11. The molecule has 0 atom stereocenters. The second-order valence-corrected chi connectivity index (χ2v) is 3.52. The summed E-state index contributed by atoms with van der Waals surface area (Å²) in [6.45, 7) is 14.2. The zero-order valence-corrected chi connectivity index (χ0v) is 15.7. The third kappa shape index (κ3) is 24.4. The van der Waals surface area contributed by atoms with Gasteiger partial charge < -0.3 is 27.6 Å². The van der Waals surface area contributed by atoms with Crippen LogP contribution >= 0.6 is 0 Å². The molecule has 0 fully saturated rings. The molecule has 1 aromatic rings. The Kier molecular flexibility index (Phi) is 38.1. The summed E-state index contributed by atoms with van der Waals surface area (Å²) in [6.07, 6.45) is 2.75. The predicted octanol–water partition coefficient (Wildman–Crippen LogP) is 2.96. The van der Waals surface area contributed by atoms with Gasteiger partial charge in [0.05, 0.1) is 0 Å². The molecule has 0 bridgehead atoms. The molecule has 0 aromatic heterocycles. The molecule has 1 rings (SSSR count). The van der Waals surface area contributed by atoms with Gasteiger partial charge in [0.2, 0.25) is 0 Å². The van der Waals surface area contributed by atoms with E-state index in [1.807, 2.05) is 30.3 Å². The minimum atomic E-state index is 0. The summed E-state index contributed by atoms with van der Waals surface area (Å²) < 4.78 is 0. The Hall–Kier alpha value is -0.646. The van der Waals surface area contributed by atoms with Crippen molar-refractivity contribution < 1.29 is 37.0 Å². The molecular formula is C17H32NO3Ti-. The molecule has 0 heterocycles. The molecule has 0 unspecified atom stereocenters. The van der Waals surface area contributed by atoms with Crippen LogP contribution in [0.15, 0.2) is 30.8 Å². The summed E-state index contributed by atoms with van der Waals surface area (Å²) >= 11 is 0. The summed E-state index contributed by atoms with van der Waals surface area (Å²) in [7, 11) is 0. The van der Waals surface area contributed by atoms with Gasteiger partial charge in [-0.3, -0.25) is 0 Å². The van der Waals surface area contributed by atoms with Crippen molar-refractivity contribution in [3.05, 3.63) is 43.3 Å². The Bertz CT molecular complexity index is 305. The number of nitrogens with one attached hydrogen (secondary N) is 1. The number of hydrogen-bond acceptors (Lipinski definition) is 4. The predicted molar refractivity (Wildman–Crippen MR) is 93.3 cm³/mol. The van der Waals surface area contributed by atoms with Crippen LogP contribution in [0, 0.1) is 6.92 Å². The molecule has 0 aliphatic carbocycles. The molecule has 0 saturated heterocycles. The Balaban J connectivity index is -0.000000136. The van der Waals surface area contributed by atoms with E-state index in [4.69, 9.17) is 15.3 Å². The molecule has 128 valence electrons. The van der Waals surface area contributed by atoms with E-state index in [0.717, 1.165) is 24.2 Å². The van der Waals surface area contributed by atoms with Crippen molar-refractivity contribution in [3.8, 4) is 0 Å². The van der Waals surface area contributed by atoms with E-state index in [1.54, 1.807) is 20.8 Å². The fourth-order valence-corrected chi connectivity index (χ4v) is 1.06. The van der Waals surface area contributed by atoms with E-state index in [0.29, 0.717) is 0 Å². The van der Waals surface area contributed by atoms with Crippen LogP contribution in [0.4, 0.5) is 5.69 Å². The smallest absolute Gasteiger partial charge is 0.0412 e. The number of benzene rings is 1. The van der Waals surface area contributed by atoms with Crippen LogP contribution in [0.5, 0.6) is 0 Å². The van der Waals surface area contributed by atoms with Crippen LogP contribution in [0.3, 0.4) is 0 Å². The number of hydrogen-bond donors (Lipinski definition) is 4. The first kappa shape index (κ1) is 29.4. The molecule has 0 aliphatic heterocycles. The van der Waals surface area contributed by atoms with Crippen LogP contribution in [0.2, 0.25) is 0 Å². The van der Waals surface area contributed by atoms with E-state index in [-0.39, 0.29) is 41.5 Å². The van der Waals surface area contributed by atoms with Gasteiger partial charge in [-0.05, 0) is 38.9 Å². The Labute approximate surface area is 151 Å². The molecular weight excluding hydrogens is 314 g/mol. The maximum atomic E-state index is 7.57. The first-order valence-corrected chi connectivity index (χ1v) is 7.20. The van der Waals surface area contributed by atoms with Crippen molar-refractivity contribution in [2.75, 3.05) is 31.7 Å². The molecule has 4 nitrogen and oxygen atoms in total. The molecule has 0 spiro atoms. The van der Waals surface area contributed by atoms with Gasteiger partial charge in [0.25, 0.3) is 0 Å². The van der Waals surface area contributed by atoms with Crippen LogP contribution in [0.1, 0.15) is 32.8 Å². The van der Waals surface area contributed by atoms with Crippen LogP contribution in [-0.2, 0) is 21.7 Å². The molecule has 1 aromatic carbocycles. The number of anilines is 1. The topological polar surface area (TPSA) is 72.7 Å². The first-order valence-electron chi connectivity index (χ1n) is 7.20. The quantitative estimate of drug-likeness (QED) is 0.500. The summed E-state index contributed by atoms with van der Waals surface area (Å²) in [4.78, 5) is 0. The van der Waals surface area contributed by atoms with Crippen molar-refractivity contribution in [1.82, 2.24) is 0 Å². The van der Waals surface area contributed by atoms with Gasteiger partial charge in [-0.15, -0.1) is 0 Å². The van der Waals surface area contributed by atoms with Gasteiger partial charge in [0.15, 0.2) is 0 Å². The van der Waals surface area contributed by atoms with Crippen molar-refractivity contribution in [1.29, 1.82) is 0 Å². The van der Waals surface area contributed by atoms with E-state index in [2.05, 4.69) is 18.8 Å². The fraction of sp³-hybridized carbons (Fsp3) is 0.471. The zero-order chi connectivity index (χ0) is 16.9. The standard InChI is InChI=1S/C11H14N.3C2H6O.Ti/c1-3-9-12-11-8-6-5-7-10(11)4-2;3*1-2-3;/h4-8,12H,1-3,9H2;3*3H,2H2,1H3;/q-1;;;;. The minimum Gasteiger partial charge on any atom is -0.397 e. The molecule has 5 heteroatoms. The van der Waals surface area contributed by atoms with Gasteiger partial charge in [0.1, 0.15) is 0 Å². The zero-order valence-electron chi connectivity index (χ0n) is 14.2. The van der Waals surface area contributed by atoms with E-state index < -0.39 is 0 Å². The summed E-state index contributed by atoms with van der Waals surface area (Å²) in [5.41, 5.74) is 2.28. The third-order valence-electron chi connectivity index (χ3n) is 1.67. The minimum absolute atomic E-state index is 0. The maximum absolute atomic E-state index is 7.57. The second kappa shape index (κ2) is 28.5. The Morgan fingerprint density at radius 1 is 1.05 bits per heavy atom. The summed E-state index contributed by atoms with van der Waals surface area (Å²) in [5.74, 6) is 0. The second-order valence-electron chi connectivity index (χ2n) is 3.52. The van der Waals surface area contributed by atoms with Gasteiger partial charge in [-0.25, -0.2) is 0 Å². The average Bonchev–Trinajstić information content (AvgIpc) is 2.48. The van der Waals surface area contributed by atoms with E-state index in [9.17, 15) is 0 Å². The molecule has 22 heavy (non-hydrogen) atoms. The SMILES string of the molecule is C=Cc1ccccc1NCC[CH2-].CCO.CCO.CCO.[Ti]. The van der Waals surface area contributed by atoms with Gasteiger partial charge >= 0.3 is 0 Å². The van der Waals surface area contributed by atoms with Crippen LogP contribution in [0.25, 0.3) is 6.08 Å². The largest absolute Gasteiger partial charge is 0.397 e. The Morgan fingerprint density at radius 2 is 1.45 bits per heavy atom. The number of aliphatic hydroxyl groups is 3. The fourth-order valence-electron chi connectivity index (χ4n) is 1.06. The van der Waals surface area contributed by atoms with Gasteiger partial charge in [-0.1, -0.05) is 30.9 Å². The third-order valence-corrected chi connectivity index (χ3v) is 1.67. The molecule has 0 radical (unpaired) electrons. The molecule has 0 aliphatic rings.